The van der Waals surface area contributed by atoms with Gasteiger partial charge in [0.25, 0.3) is 0 Å². The smallest absolute Gasteiger partial charge is 0.423 e. The van der Waals surface area contributed by atoms with Crippen molar-refractivity contribution in [1.29, 1.82) is 0 Å². The Morgan fingerprint density at radius 2 is 2.16 bits per heavy atom. The van der Waals surface area contributed by atoms with Crippen molar-refractivity contribution in [2.75, 3.05) is 0 Å². The van der Waals surface area contributed by atoms with Crippen LogP contribution >= 0.6 is 0 Å². The van der Waals surface area contributed by atoms with Crippen LogP contribution < -0.4 is 11.2 Å². The van der Waals surface area contributed by atoms with E-state index in [0.717, 1.165) is 22.2 Å². The molecule has 1 aliphatic heterocycles. The van der Waals surface area contributed by atoms with Crippen LogP contribution in [0.3, 0.4) is 0 Å². The zero-order chi connectivity index (χ0) is 17.6. The summed E-state index contributed by atoms with van der Waals surface area (Å²) in [5, 5.41) is 9.84. The average Bonchev–Trinajstić information content (AvgIpc) is 2.98. The van der Waals surface area contributed by atoms with Gasteiger partial charge in [-0.1, -0.05) is 30.3 Å². The maximum atomic E-state index is 12.9. The van der Waals surface area contributed by atoms with Crippen molar-refractivity contribution in [3.8, 4) is 0 Å². The molecule has 1 heterocycles. The largest absolute Gasteiger partial charge is 0.491 e. The molecule has 5 nitrogen and oxygen atoms in total. The Kier molecular flexibility index (Phi) is 3.94. The van der Waals surface area contributed by atoms with Crippen LogP contribution in [0.4, 0.5) is 0 Å². The van der Waals surface area contributed by atoms with Gasteiger partial charge in [0, 0.05) is 17.0 Å². The summed E-state index contributed by atoms with van der Waals surface area (Å²) >= 11 is 0. The van der Waals surface area contributed by atoms with Crippen LogP contribution in [0.25, 0.3) is 0 Å². The van der Waals surface area contributed by atoms with Gasteiger partial charge in [0.05, 0.1) is 6.61 Å². The van der Waals surface area contributed by atoms with E-state index < -0.39 is 13.0 Å². The van der Waals surface area contributed by atoms with Crippen LogP contribution in [0.2, 0.25) is 0 Å². The summed E-state index contributed by atoms with van der Waals surface area (Å²) in [5.74, 6) is -0.564. The fraction of sp³-hybridized carbons (Fsp3) is 0.263. The summed E-state index contributed by atoms with van der Waals surface area (Å²) in [4.78, 5) is 24.4. The highest BCUT2D eigenvalue weighted by molar-refractivity contribution is 6.61. The van der Waals surface area contributed by atoms with Crippen LogP contribution in [0.5, 0.6) is 0 Å². The van der Waals surface area contributed by atoms with Gasteiger partial charge in [0.2, 0.25) is 5.91 Å². The van der Waals surface area contributed by atoms with Crippen LogP contribution in [-0.4, -0.2) is 23.8 Å². The van der Waals surface area contributed by atoms with Gasteiger partial charge in [0.15, 0.2) is 5.78 Å². The van der Waals surface area contributed by atoms with E-state index in [4.69, 9.17) is 10.4 Å². The van der Waals surface area contributed by atoms with Crippen molar-refractivity contribution in [2.24, 2.45) is 11.7 Å². The molecule has 4 rings (SSSR count). The highest BCUT2D eigenvalue weighted by atomic mass is 16.5. The first kappa shape index (κ1) is 16.1. The minimum atomic E-state index is -0.879. The van der Waals surface area contributed by atoms with Gasteiger partial charge in [-0.05, 0) is 47.5 Å². The van der Waals surface area contributed by atoms with E-state index in [1.807, 2.05) is 18.2 Å². The SMILES string of the molecule is NC(=O)c1cccc2c1CCC(Cc1ccc3c(c1)B(O)OC3)C2=O. The minimum absolute atomic E-state index is 0.0571. The highest BCUT2D eigenvalue weighted by Crippen LogP contribution is 2.30. The Labute approximate surface area is 145 Å². The summed E-state index contributed by atoms with van der Waals surface area (Å²) in [6.45, 7) is 0.419. The Morgan fingerprint density at radius 3 is 2.96 bits per heavy atom. The molecule has 1 amide bonds. The number of primary amides is 1. The number of carbonyl (C=O) groups is 2. The Bertz CT molecular complexity index is 880. The molecule has 0 fully saturated rings. The lowest BCUT2D eigenvalue weighted by molar-refractivity contribution is 0.0901. The second kappa shape index (κ2) is 6.13. The fourth-order valence-electron chi connectivity index (χ4n) is 3.86. The summed E-state index contributed by atoms with van der Waals surface area (Å²) in [6, 6.07) is 11.0. The number of fused-ring (bicyclic) bond motifs is 2. The van der Waals surface area contributed by atoms with Gasteiger partial charge in [0.1, 0.15) is 0 Å². The molecule has 0 bridgehead atoms. The molecule has 25 heavy (non-hydrogen) atoms. The van der Waals surface area contributed by atoms with Crippen molar-refractivity contribution < 1.29 is 19.3 Å². The van der Waals surface area contributed by atoms with E-state index in [9.17, 15) is 14.6 Å². The van der Waals surface area contributed by atoms with E-state index in [1.54, 1.807) is 18.2 Å². The molecule has 1 unspecified atom stereocenters. The van der Waals surface area contributed by atoms with Gasteiger partial charge >= 0.3 is 7.12 Å². The summed E-state index contributed by atoms with van der Waals surface area (Å²) < 4.78 is 5.22. The van der Waals surface area contributed by atoms with Crippen LogP contribution in [0.15, 0.2) is 36.4 Å². The minimum Gasteiger partial charge on any atom is -0.423 e. The lowest BCUT2D eigenvalue weighted by Gasteiger charge is -2.25. The maximum absolute atomic E-state index is 12.9. The number of benzene rings is 2. The van der Waals surface area contributed by atoms with Gasteiger partial charge in [-0.15, -0.1) is 0 Å². The van der Waals surface area contributed by atoms with Crippen LogP contribution in [-0.2, 0) is 24.1 Å². The molecule has 0 aromatic heterocycles. The molecule has 0 radical (unpaired) electrons. The second-order valence-electron chi connectivity index (χ2n) is 6.70. The zero-order valence-electron chi connectivity index (χ0n) is 13.7. The van der Waals surface area contributed by atoms with Crippen molar-refractivity contribution >= 4 is 24.3 Å². The van der Waals surface area contributed by atoms with Crippen LogP contribution in [0, 0.1) is 5.92 Å². The highest BCUT2D eigenvalue weighted by Gasteiger charge is 2.31. The third kappa shape index (κ3) is 2.77. The summed E-state index contributed by atoms with van der Waals surface area (Å²) in [6.07, 6.45) is 1.97. The molecule has 6 heteroatoms. The third-order valence-electron chi connectivity index (χ3n) is 5.18. The average molecular weight is 335 g/mol. The van der Waals surface area contributed by atoms with Crippen LogP contribution in [0.1, 0.15) is 43.8 Å². The van der Waals surface area contributed by atoms with Crippen molar-refractivity contribution in [3.05, 3.63) is 64.2 Å². The van der Waals surface area contributed by atoms with Crippen molar-refractivity contribution in [2.45, 2.75) is 25.9 Å². The number of ketones is 1. The number of hydrogen-bond donors (Lipinski definition) is 2. The topological polar surface area (TPSA) is 89.6 Å². The summed E-state index contributed by atoms with van der Waals surface area (Å²) in [5.41, 5.74) is 10.0. The summed E-state index contributed by atoms with van der Waals surface area (Å²) in [7, 11) is -0.879. The molecule has 2 aromatic carbocycles. The van der Waals surface area contributed by atoms with E-state index in [2.05, 4.69) is 0 Å². The lowest BCUT2D eigenvalue weighted by atomic mass is 9.75. The molecule has 0 spiro atoms. The number of amides is 1. The first-order valence-electron chi connectivity index (χ1n) is 8.42. The van der Waals surface area contributed by atoms with E-state index in [1.165, 1.54) is 0 Å². The van der Waals surface area contributed by atoms with Crippen molar-refractivity contribution in [1.82, 2.24) is 0 Å². The maximum Gasteiger partial charge on any atom is 0.491 e. The molecular weight excluding hydrogens is 317 g/mol. The molecule has 2 aliphatic rings. The molecule has 2 aromatic rings. The Morgan fingerprint density at radius 1 is 1.32 bits per heavy atom. The number of nitrogens with two attached hydrogens (primary N) is 1. The third-order valence-corrected chi connectivity index (χ3v) is 5.18. The molecule has 0 saturated carbocycles. The lowest BCUT2D eigenvalue weighted by Crippen LogP contribution is -2.30. The van der Waals surface area contributed by atoms with Gasteiger partial charge in [-0.25, -0.2) is 0 Å². The predicted molar refractivity (Wildman–Crippen MR) is 93.6 cm³/mol. The quantitative estimate of drug-likeness (QED) is 0.819. The molecule has 3 N–H and O–H groups in total. The van der Waals surface area contributed by atoms with E-state index in [-0.39, 0.29) is 11.7 Å². The standard InChI is InChI=1S/C19H18BNO4/c21-19(23)16-3-1-2-15-14(16)7-6-12(18(15)22)8-11-4-5-13-10-25-20(24)17(13)9-11/h1-5,9,12,24H,6-8,10H2,(H2,21,23). The monoisotopic (exact) mass is 335 g/mol. The van der Waals surface area contributed by atoms with Gasteiger partial charge in [-0.3, -0.25) is 9.59 Å². The normalized spacial score (nSPS) is 18.8. The number of hydrogen-bond acceptors (Lipinski definition) is 4. The number of Topliss-reactive ketones (excluding diaryl/α,β-unsaturated/α-hetero) is 1. The molecular formula is C19H18BNO4. The van der Waals surface area contributed by atoms with E-state index in [0.29, 0.717) is 37.0 Å². The molecule has 126 valence electrons. The number of rotatable bonds is 3. The first-order valence-corrected chi connectivity index (χ1v) is 8.42. The van der Waals surface area contributed by atoms with Gasteiger partial charge < -0.3 is 15.4 Å². The molecule has 0 saturated heterocycles. The first-order chi connectivity index (χ1) is 12.0. The van der Waals surface area contributed by atoms with E-state index >= 15 is 0 Å². The molecule has 1 atom stereocenters. The Balaban J connectivity index is 1.60. The second-order valence-corrected chi connectivity index (χ2v) is 6.70. The number of carbonyl (C=O) groups excluding carboxylic acids is 2. The Hall–Kier alpha value is -2.44. The fourth-order valence-corrected chi connectivity index (χ4v) is 3.86. The van der Waals surface area contributed by atoms with Crippen molar-refractivity contribution in [3.63, 3.8) is 0 Å². The zero-order valence-corrected chi connectivity index (χ0v) is 13.7. The van der Waals surface area contributed by atoms with Gasteiger partial charge in [-0.2, -0.15) is 0 Å². The predicted octanol–water partition coefficient (Wildman–Crippen LogP) is 0.991. The molecule has 1 aliphatic carbocycles.